The lowest BCUT2D eigenvalue weighted by Gasteiger charge is -2.36. The van der Waals surface area contributed by atoms with Crippen molar-refractivity contribution in [3.63, 3.8) is 0 Å². The summed E-state index contributed by atoms with van der Waals surface area (Å²) in [7, 11) is 0. The molecule has 0 radical (unpaired) electrons. The molecular weight excluding hydrogens is 370 g/mol. The van der Waals surface area contributed by atoms with E-state index in [2.05, 4.69) is 21.8 Å². The van der Waals surface area contributed by atoms with Gasteiger partial charge < -0.3 is 19.1 Å². The Morgan fingerprint density at radius 1 is 1.03 bits per heavy atom. The molecule has 4 heterocycles. The van der Waals surface area contributed by atoms with Crippen molar-refractivity contribution in [3.05, 3.63) is 42.2 Å². The van der Waals surface area contributed by atoms with Crippen LogP contribution in [0.5, 0.6) is 0 Å². The van der Waals surface area contributed by atoms with Gasteiger partial charge in [-0.1, -0.05) is 6.92 Å². The summed E-state index contributed by atoms with van der Waals surface area (Å²) in [6.45, 7) is 5.08. The molecule has 0 spiro atoms. The van der Waals surface area contributed by atoms with E-state index in [9.17, 15) is 9.59 Å². The van der Waals surface area contributed by atoms with E-state index in [1.54, 1.807) is 34.3 Å². The van der Waals surface area contributed by atoms with Gasteiger partial charge >= 0.3 is 0 Å². The first-order valence-electron chi connectivity index (χ1n) is 10.4. The fraction of sp³-hybridized carbons (Fsp3) is 0.524. The molecule has 2 aliphatic heterocycles. The van der Waals surface area contributed by atoms with Gasteiger partial charge in [0.05, 0.1) is 18.7 Å². The van der Waals surface area contributed by atoms with Crippen LogP contribution in [-0.2, 0) is 0 Å². The molecule has 0 bridgehead atoms. The zero-order chi connectivity index (χ0) is 20.2. The molecule has 2 fully saturated rings. The molecule has 2 aliphatic rings. The number of anilines is 1. The van der Waals surface area contributed by atoms with Crippen LogP contribution in [-0.4, -0.2) is 70.3 Å². The van der Waals surface area contributed by atoms with E-state index >= 15 is 0 Å². The van der Waals surface area contributed by atoms with E-state index in [1.165, 1.54) is 25.5 Å². The lowest BCUT2D eigenvalue weighted by atomic mass is 10.0. The van der Waals surface area contributed by atoms with Gasteiger partial charge in [0.25, 0.3) is 11.8 Å². The molecule has 2 aromatic rings. The number of amides is 2. The first-order valence-corrected chi connectivity index (χ1v) is 10.4. The third-order valence-electron chi connectivity index (χ3n) is 5.84. The normalized spacial score (nSPS) is 20.0. The van der Waals surface area contributed by atoms with E-state index in [0.717, 1.165) is 18.8 Å². The second-order valence-electron chi connectivity index (χ2n) is 7.57. The van der Waals surface area contributed by atoms with Crippen molar-refractivity contribution in [1.29, 1.82) is 0 Å². The third kappa shape index (κ3) is 4.11. The molecule has 0 aromatic carbocycles. The Hall–Kier alpha value is -2.90. The Morgan fingerprint density at radius 3 is 2.41 bits per heavy atom. The molecule has 4 rings (SSSR count). The van der Waals surface area contributed by atoms with Gasteiger partial charge in [-0.2, -0.15) is 0 Å². The largest absolute Gasteiger partial charge is 0.459 e. The Labute approximate surface area is 170 Å². The fourth-order valence-corrected chi connectivity index (χ4v) is 4.14. The first kappa shape index (κ1) is 19.4. The number of nitrogens with zero attached hydrogens (tertiary/aromatic N) is 5. The van der Waals surface area contributed by atoms with Crippen LogP contribution >= 0.6 is 0 Å². The third-order valence-corrected chi connectivity index (χ3v) is 5.84. The van der Waals surface area contributed by atoms with Gasteiger partial charge in [0.1, 0.15) is 11.5 Å². The van der Waals surface area contributed by atoms with Crippen molar-refractivity contribution in [1.82, 2.24) is 19.8 Å². The van der Waals surface area contributed by atoms with Crippen molar-refractivity contribution in [2.45, 2.75) is 38.6 Å². The van der Waals surface area contributed by atoms with Gasteiger partial charge in [0.2, 0.25) is 0 Å². The number of carbonyl (C=O) groups is 2. The van der Waals surface area contributed by atoms with Crippen LogP contribution in [0, 0.1) is 0 Å². The number of piperazine rings is 1. The van der Waals surface area contributed by atoms with Gasteiger partial charge in [-0.3, -0.25) is 9.59 Å². The smallest absolute Gasteiger partial charge is 0.289 e. The average molecular weight is 397 g/mol. The van der Waals surface area contributed by atoms with Gasteiger partial charge in [0, 0.05) is 38.8 Å². The molecule has 154 valence electrons. The number of hydrogen-bond acceptors (Lipinski definition) is 6. The van der Waals surface area contributed by atoms with Crippen LogP contribution in [0.1, 0.15) is 53.7 Å². The monoisotopic (exact) mass is 397 g/mol. The summed E-state index contributed by atoms with van der Waals surface area (Å²) >= 11 is 0. The molecule has 1 atom stereocenters. The predicted molar refractivity (Wildman–Crippen MR) is 108 cm³/mol. The molecule has 2 saturated heterocycles. The summed E-state index contributed by atoms with van der Waals surface area (Å²) in [6.07, 6.45) is 9.48. The molecule has 2 amide bonds. The van der Waals surface area contributed by atoms with Crippen LogP contribution in [0.4, 0.5) is 5.82 Å². The van der Waals surface area contributed by atoms with Crippen molar-refractivity contribution in [3.8, 4) is 0 Å². The zero-order valence-corrected chi connectivity index (χ0v) is 16.8. The summed E-state index contributed by atoms with van der Waals surface area (Å²) < 4.78 is 5.17. The highest BCUT2D eigenvalue weighted by Gasteiger charge is 2.28. The van der Waals surface area contributed by atoms with Gasteiger partial charge in [-0.05, 0) is 37.8 Å². The number of rotatable bonds is 4. The Morgan fingerprint density at radius 2 is 1.79 bits per heavy atom. The molecule has 0 saturated carbocycles. The highest BCUT2D eigenvalue weighted by Crippen LogP contribution is 2.24. The second kappa shape index (κ2) is 8.63. The minimum absolute atomic E-state index is 0.139. The summed E-state index contributed by atoms with van der Waals surface area (Å²) in [4.78, 5) is 39.8. The molecule has 8 nitrogen and oxygen atoms in total. The maximum Gasteiger partial charge on any atom is 0.289 e. The summed E-state index contributed by atoms with van der Waals surface area (Å²) in [5.74, 6) is 0.898. The summed E-state index contributed by atoms with van der Waals surface area (Å²) in [6, 6.07) is 3.85. The minimum atomic E-state index is -0.141. The van der Waals surface area contributed by atoms with E-state index in [-0.39, 0.29) is 11.8 Å². The molecular formula is C21H27N5O3. The lowest BCUT2D eigenvalue weighted by Crippen LogP contribution is -2.50. The van der Waals surface area contributed by atoms with Crippen LogP contribution in [0.3, 0.4) is 0 Å². The predicted octanol–water partition coefficient (Wildman–Crippen LogP) is 2.44. The van der Waals surface area contributed by atoms with Crippen molar-refractivity contribution >= 4 is 17.6 Å². The molecule has 29 heavy (non-hydrogen) atoms. The number of hydrogen-bond donors (Lipinski definition) is 0. The molecule has 8 heteroatoms. The standard InChI is InChI=1S/C21H27N5O3/c1-2-16-6-3-4-8-26(16)19-15-22-17(14-23-19)20(27)24-9-11-25(12-10-24)21(28)18-7-5-13-29-18/h5,7,13-16H,2-4,6,8-12H2,1H3. The molecule has 0 aliphatic carbocycles. The highest BCUT2D eigenvalue weighted by molar-refractivity contribution is 5.93. The number of piperidine rings is 1. The number of furan rings is 1. The van der Waals surface area contributed by atoms with Gasteiger partial charge in [-0.15, -0.1) is 0 Å². The van der Waals surface area contributed by atoms with E-state index < -0.39 is 0 Å². The topological polar surface area (TPSA) is 82.8 Å². The van der Waals surface area contributed by atoms with Crippen LogP contribution in [0.15, 0.2) is 35.2 Å². The maximum atomic E-state index is 12.8. The van der Waals surface area contributed by atoms with Crippen LogP contribution in [0.2, 0.25) is 0 Å². The second-order valence-corrected chi connectivity index (χ2v) is 7.57. The van der Waals surface area contributed by atoms with E-state index in [4.69, 9.17) is 4.42 Å². The average Bonchev–Trinajstić information content (AvgIpc) is 3.33. The van der Waals surface area contributed by atoms with Crippen molar-refractivity contribution in [2.75, 3.05) is 37.6 Å². The summed E-state index contributed by atoms with van der Waals surface area (Å²) in [5.41, 5.74) is 0.351. The quantitative estimate of drug-likeness (QED) is 0.788. The SMILES string of the molecule is CCC1CCCCN1c1cnc(C(=O)N2CCN(C(=O)c3ccco3)CC2)cn1. The van der Waals surface area contributed by atoms with Crippen LogP contribution < -0.4 is 4.90 Å². The summed E-state index contributed by atoms with van der Waals surface area (Å²) in [5, 5.41) is 0. The molecule has 1 unspecified atom stereocenters. The first-order chi connectivity index (χ1) is 14.2. The van der Waals surface area contributed by atoms with E-state index in [0.29, 0.717) is 43.7 Å². The Kier molecular flexibility index (Phi) is 5.78. The van der Waals surface area contributed by atoms with Gasteiger partial charge in [-0.25, -0.2) is 9.97 Å². The minimum Gasteiger partial charge on any atom is -0.459 e. The fourth-order valence-electron chi connectivity index (χ4n) is 4.14. The van der Waals surface area contributed by atoms with Gasteiger partial charge in [0.15, 0.2) is 5.76 Å². The van der Waals surface area contributed by atoms with Crippen LogP contribution in [0.25, 0.3) is 0 Å². The molecule has 0 N–H and O–H groups in total. The maximum absolute atomic E-state index is 12.8. The van der Waals surface area contributed by atoms with Crippen molar-refractivity contribution in [2.24, 2.45) is 0 Å². The van der Waals surface area contributed by atoms with E-state index in [1.807, 2.05) is 0 Å². The Balaban J connectivity index is 1.36. The Bertz CT molecular complexity index is 829. The number of aromatic nitrogens is 2. The molecule has 2 aromatic heterocycles. The van der Waals surface area contributed by atoms with Crippen molar-refractivity contribution < 1.29 is 14.0 Å². The number of carbonyl (C=O) groups excluding carboxylic acids is 2. The zero-order valence-electron chi connectivity index (χ0n) is 16.8. The highest BCUT2D eigenvalue weighted by atomic mass is 16.3. The lowest BCUT2D eigenvalue weighted by molar-refractivity contribution is 0.0515.